The highest BCUT2D eigenvalue weighted by Crippen LogP contribution is 2.42. The summed E-state index contributed by atoms with van der Waals surface area (Å²) in [5, 5.41) is 0. The molecule has 1 aliphatic heterocycles. The van der Waals surface area contributed by atoms with Gasteiger partial charge in [0.2, 0.25) is 0 Å². The van der Waals surface area contributed by atoms with Crippen LogP contribution >= 0.6 is 22.6 Å². The van der Waals surface area contributed by atoms with Crippen molar-refractivity contribution in [3.8, 4) is 22.8 Å². The summed E-state index contributed by atoms with van der Waals surface area (Å²) in [6, 6.07) is 3.79. The molecule has 0 bridgehead atoms. The number of methoxy groups -OCH3 is 2. The molecule has 1 fully saturated rings. The number of hydrogen-bond acceptors (Lipinski definition) is 7. The first-order chi connectivity index (χ1) is 16.2. The normalized spacial score (nSPS) is 16.1. The van der Waals surface area contributed by atoms with E-state index < -0.39 is 5.60 Å². The van der Waals surface area contributed by atoms with Crippen molar-refractivity contribution >= 4 is 28.7 Å². The summed E-state index contributed by atoms with van der Waals surface area (Å²) < 4.78 is 28.9. The molecule has 0 radical (unpaired) electrons. The van der Waals surface area contributed by atoms with Crippen LogP contribution in [-0.2, 0) is 14.2 Å². The van der Waals surface area contributed by atoms with Crippen LogP contribution in [0.25, 0.3) is 11.3 Å². The van der Waals surface area contributed by atoms with Crippen molar-refractivity contribution in [3.63, 3.8) is 0 Å². The van der Waals surface area contributed by atoms with Crippen LogP contribution in [0.4, 0.5) is 4.79 Å². The van der Waals surface area contributed by atoms with Crippen LogP contribution in [0, 0.1) is 3.57 Å². The van der Waals surface area contributed by atoms with Gasteiger partial charge in [-0.25, -0.2) is 9.78 Å². The number of imidazole rings is 1. The molecular formula is C24H34IN3O6. The third-order valence-electron chi connectivity index (χ3n) is 5.21. The van der Waals surface area contributed by atoms with Crippen LogP contribution in [0.15, 0.2) is 18.3 Å². The molecule has 1 saturated heterocycles. The molecule has 0 unspecified atom stereocenters. The quantitative estimate of drug-likeness (QED) is 0.315. The predicted molar refractivity (Wildman–Crippen MR) is 136 cm³/mol. The highest BCUT2D eigenvalue weighted by atomic mass is 127. The second-order valence-electron chi connectivity index (χ2n) is 8.95. The van der Waals surface area contributed by atoms with E-state index in [4.69, 9.17) is 23.7 Å². The van der Waals surface area contributed by atoms with Crippen LogP contribution < -0.4 is 9.47 Å². The number of hydrogen-bond donors (Lipinski definition) is 1. The number of nitrogens with one attached hydrogen (secondary N) is 1. The van der Waals surface area contributed by atoms with Crippen LogP contribution in [0.3, 0.4) is 0 Å². The topological polar surface area (TPSA) is 95.1 Å². The van der Waals surface area contributed by atoms with Crippen molar-refractivity contribution in [2.45, 2.75) is 45.3 Å². The number of aromatic nitrogens is 2. The average molecular weight is 587 g/mol. The number of rotatable bonds is 10. The van der Waals surface area contributed by atoms with E-state index in [0.717, 1.165) is 33.5 Å². The smallest absolute Gasteiger partial charge is 0.410 e. The Balaban J connectivity index is 1.89. The van der Waals surface area contributed by atoms with Gasteiger partial charge in [-0.05, 0) is 68.3 Å². The van der Waals surface area contributed by atoms with E-state index in [1.807, 2.05) is 32.9 Å². The summed E-state index contributed by atoms with van der Waals surface area (Å²) in [5.41, 5.74) is 1.06. The molecular weight excluding hydrogens is 553 g/mol. The fourth-order valence-corrected chi connectivity index (χ4v) is 4.30. The van der Waals surface area contributed by atoms with Gasteiger partial charge in [-0.3, -0.25) is 4.90 Å². The van der Waals surface area contributed by atoms with Gasteiger partial charge in [-0.2, -0.15) is 0 Å². The number of carbonyl (C=O) groups is 1. The summed E-state index contributed by atoms with van der Waals surface area (Å²) in [4.78, 5) is 22.5. The zero-order chi connectivity index (χ0) is 24.7. The standard InChI is InChI=1S/C24H34IN3O6/c1-24(2,3)34-23(29)28-10-6-7-19(28)22-26-15-18(27-22)16-8-9-17(25)21(33-14-12-31-5)20(16)32-13-11-30-4/h8-9,15,19H,6-7,10-14H2,1-5H3,(H,26,27)/t19-/m0/s1. The van der Waals surface area contributed by atoms with Crippen molar-refractivity contribution in [2.75, 3.05) is 47.2 Å². The van der Waals surface area contributed by atoms with Crippen molar-refractivity contribution in [2.24, 2.45) is 0 Å². The van der Waals surface area contributed by atoms with Gasteiger partial charge in [0.05, 0.1) is 34.7 Å². The van der Waals surface area contributed by atoms with Crippen molar-refractivity contribution in [3.05, 3.63) is 27.7 Å². The third-order valence-corrected chi connectivity index (χ3v) is 6.06. The molecule has 2 heterocycles. The van der Waals surface area contributed by atoms with Gasteiger partial charge in [-0.15, -0.1) is 0 Å². The number of carbonyl (C=O) groups excluding carboxylic acids is 1. The van der Waals surface area contributed by atoms with Crippen molar-refractivity contribution in [1.29, 1.82) is 0 Å². The van der Waals surface area contributed by atoms with E-state index in [1.54, 1.807) is 25.3 Å². The Kier molecular flexibility index (Phi) is 9.43. The Hall–Kier alpha value is -2.05. The molecule has 2 aromatic rings. The fraction of sp³-hybridized carbons (Fsp3) is 0.583. The van der Waals surface area contributed by atoms with E-state index in [1.165, 1.54) is 0 Å². The summed E-state index contributed by atoms with van der Waals surface area (Å²) in [6.45, 7) is 7.94. The number of aromatic amines is 1. The maximum Gasteiger partial charge on any atom is 0.410 e. The second kappa shape index (κ2) is 12.1. The summed E-state index contributed by atoms with van der Waals surface area (Å²) in [6.07, 6.45) is 3.17. The fourth-order valence-electron chi connectivity index (χ4n) is 3.72. The SMILES string of the molecule is COCCOc1c(I)ccc(-c2cnc([C@@H]3CCCN3C(=O)OC(C)(C)C)[nH]2)c1OCCOC. The number of benzene rings is 1. The number of H-pyrrole nitrogens is 1. The van der Waals surface area contributed by atoms with E-state index >= 15 is 0 Å². The first-order valence-corrected chi connectivity index (χ1v) is 12.4. The van der Waals surface area contributed by atoms with Gasteiger partial charge >= 0.3 is 6.09 Å². The first-order valence-electron chi connectivity index (χ1n) is 11.4. The largest absolute Gasteiger partial charge is 0.487 e. The Morgan fingerprint density at radius 1 is 1.12 bits per heavy atom. The Morgan fingerprint density at radius 2 is 1.79 bits per heavy atom. The maximum atomic E-state index is 12.7. The van der Waals surface area contributed by atoms with E-state index in [-0.39, 0.29) is 12.1 Å². The highest BCUT2D eigenvalue weighted by molar-refractivity contribution is 14.1. The molecule has 1 amide bonds. The molecule has 1 atom stereocenters. The molecule has 34 heavy (non-hydrogen) atoms. The third kappa shape index (κ3) is 6.76. The number of amides is 1. The molecule has 0 saturated carbocycles. The minimum Gasteiger partial charge on any atom is -0.487 e. The lowest BCUT2D eigenvalue weighted by atomic mass is 10.1. The minimum atomic E-state index is -0.548. The second-order valence-corrected chi connectivity index (χ2v) is 10.1. The van der Waals surface area contributed by atoms with Crippen LogP contribution in [-0.4, -0.2) is 73.8 Å². The predicted octanol–water partition coefficient (Wildman–Crippen LogP) is 4.80. The molecule has 10 heteroatoms. The summed E-state index contributed by atoms with van der Waals surface area (Å²) >= 11 is 2.23. The van der Waals surface area contributed by atoms with Gasteiger partial charge < -0.3 is 28.7 Å². The number of ether oxygens (including phenoxy) is 5. The maximum absolute atomic E-state index is 12.7. The molecule has 0 spiro atoms. The highest BCUT2D eigenvalue weighted by Gasteiger charge is 2.35. The van der Waals surface area contributed by atoms with Gasteiger partial charge in [0.25, 0.3) is 0 Å². The van der Waals surface area contributed by atoms with Gasteiger partial charge in [0, 0.05) is 26.3 Å². The molecule has 9 nitrogen and oxygen atoms in total. The van der Waals surface area contributed by atoms with E-state index in [9.17, 15) is 4.79 Å². The average Bonchev–Trinajstić information content (AvgIpc) is 3.44. The zero-order valence-corrected chi connectivity index (χ0v) is 22.6. The lowest BCUT2D eigenvalue weighted by Gasteiger charge is -2.27. The monoisotopic (exact) mass is 587 g/mol. The van der Waals surface area contributed by atoms with Crippen LogP contribution in [0.2, 0.25) is 0 Å². The lowest BCUT2D eigenvalue weighted by Crippen LogP contribution is -2.36. The van der Waals surface area contributed by atoms with Gasteiger partial charge in [0.1, 0.15) is 24.6 Å². The zero-order valence-electron chi connectivity index (χ0n) is 20.5. The molecule has 0 aliphatic carbocycles. The Morgan fingerprint density at radius 3 is 2.44 bits per heavy atom. The molecule has 1 aromatic carbocycles. The molecule has 1 aliphatic rings. The Labute approximate surface area is 214 Å². The van der Waals surface area contributed by atoms with Gasteiger partial charge in [0.15, 0.2) is 11.5 Å². The minimum absolute atomic E-state index is 0.164. The molecule has 1 N–H and O–H groups in total. The summed E-state index contributed by atoms with van der Waals surface area (Å²) in [5.74, 6) is 1.99. The number of nitrogens with zero attached hydrogens (tertiary/aromatic N) is 2. The van der Waals surface area contributed by atoms with Crippen LogP contribution in [0.5, 0.6) is 11.5 Å². The van der Waals surface area contributed by atoms with Crippen molar-refractivity contribution in [1.82, 2.24) is 14.9 Å². The molecule has 3 rings (SSSR count). The molecule has 1 aromatic heterocycles. The van der Waals surface area contributed by atoms with E-state index in [0.29, 0.717) is 44.5 Å². The first kappa shape index (κ1) is 26.6. The lowest BCUT2D eigenvalue weighted by molar-refractivity contribution is 0.0218. The van der Waals surface area contributed by atoms with E-state index in [2.05, 4.69) is 32.6 Å². The van der Waals surface area contributed by atoms with Crippen molar-refractivity contribution < 1.29 is 28.5 Å². The molecule has 188 valence electrons. The number of halogens is 1. The van der Waals surface area contributed by atoms with Gasteiger partial charge in [-0.1, -0.05) is 0 Å². The number of likely N-dealkylation sites (tertiary alicyclic amines) is 1. The Bertz CT molecular complexity index is 959. The summed E-state index contributed by atoms with van der Waals surface area (Å²) in [7, 11) is 3.27. The van der Waals surface area contributed by atoms with Crippen LogP contribution in [0.1, 0.15) is 45.5 Å².